The number of piperazine rings is 1. The van der Waals surface area contributed by atoms with Crippen LogP contribution in [0.25, 0.3) is 0 Å². The first-order valence-electron chi connectivity index (χ1n) is 8.41. The molecular formula is C17H27N3O. The zero-order chi connectivity index (χ0) is 14.7. The fourth-order valence-corrected chi connectivity index (χ4v) is 3.47. The number of nitrogens with zero attached hydrogens (tertiary/aromatic N) is 2. The predicted molar refractivity (Wildman–Crippen MR) is 85.5 cm³/mol. The van der Waals surface area contributed by atoms with E-state index in [1.165, 1.54) is 25.7 Å². The van der Waals surface area contributed by atoms with Crippen molar-refractivity contribution < 1.29 is 0 Å². The van der Waals surface area contributed by atoms with Crippen molar-refractivity contribution in [3.63, 3.8) is 0 Å². The zero-order valence-electron chi connectivity index (χ0n) is 13.0. The minimum absolute atomic E-state index is 0.110. The third-order valence-corrected chi connectivity index (χ3v) is 4.90. The van der Waals surface area contributed by atoms with Crippen LogP contribution in [0, 0.1) is 5.92 Å². The second-order valence-corrected chi connectivity index (χ2v) is 6.52. The fourth-order valence-electron chi connectivity index (χ4n) is 3.47. The van der Waals surface area contributed by atoms with Crippen molar-refractivity contribution in [3.05, 3.63) is 34.7 Å². The lowest BCUT2D eigenvalue weighted by molar-refractivity contribution is 0.111. The molecule has 4 nitrogen and oxygen atoms in total. The topological polar surface area (TPSA) is 37.3 Å². The first-order valence-corrected chi connectivity index (χ1v) is 8.41. The molecule has 1 aromatic heterocycles. The Labute approximate surface area is 127 Å². The van der Waals surface area contributed by atoms with Gasteiger partial charge in [-0.15, -0.1) is 0 Å². The average Bonchev–Trinajstić information content (AvgIpc) is 3.32. The Kier molecular flexibility index (Phi) is 4.76. The van der Waals surface area contributed by atoms with Crippen LogP contribution < -0.4 is 10.9 Å². The van der Waals surface area contributed by atoms with Crippen LogP contribution in [0.4, 0.5) is 0 Å². The van der Waals surface area contributed by atoms with E-state index < -0.39 is 0 Å². The maximum absolute atomic E-state index is 11.8. The molecule has 1 aliphatic heterocycles. The molecule has 2 heterocycles. The van der Waals surface area contributed by atoms with Gasteiger partial charge in [0.15, 0.2) is 0 Å². The van der Waals surface area contributed by atoms with Gasteiger partial charge < -0.3 is 9.88 Å². The number of hydrogen-bond acceptors (Lipinski definition) is 3. The highest BCUT2D eigenvalue weighted by Gasteiger charge is 2.36. The van der Waals surface area contributed by atoms with E-state index in [-0.39, 0.29) is 5.56 Å². The Morgan fingerprint density at radius 2 is 2.14 bits per heavy atom. The van der Waals surface area contributed by atoms with Gasteiger partial charge in [0.25, 0.3) is 5.56 Å². The molecule has 0 aromatic carbocycles. The Morgan fingerprint density at radius 1 is 1.29 bits per heavy atom. The van der Waals surface area contributed by atoms with Crippen LogP contribution in [0.3, 0.4) is 0 Å². The molecule has 2 aliphatic rings. The highest BCUT2D eigenvalue weighted by molar-refractivity contribution is 4.96. The van der Waals surface area contributed by atoms with Crippen LogP contribution in [0.15, 0.2) is 29.2 Å². The Balaban J connectivity index is 1.61. The van der Waals surface area contributed by atoms with Crippen LogP contribution in [0.5, 0.6) is 0 Å². The third kappa shape index (κ3) is 3.74. The minimum atomic E-state index is 0.110. The van der Waals surface area contributed by atoms with Crippen molar-refractivity contribution in [2.45, 2.75) is 51.2 Å². The summed E-state index contributed by atoms with van der Waals surface area (Å²) in [4.78, 5) is 14.4. The number of rotatable bonds is 6. The number of aromatic nitrogens is 1. The maximum Gasteiger partial charge on any atom is 0.250 e. The Bertz CT molecular complexity index is 509. The number of hydrogen-bond donors (Lipinski definition) is 1. The fraction of sp³-hybridized carbons (Fsp3) is 0.706. The standard InChI is InChI=1S/C17H27N3O/c1-2-5-15-12-18-16(14-7-8-14)13-20(15)11-10-19-9-4-3-6-17(19)21/h3-4,6,9,14-16,18H,2,5,7-8,10-13H2,1H3. The van der Waals surface area contributed by atoms with Crippen molar-refractivity contribution in [2.75, 3.05) is 19.6 Å². The first-order chi connectivity index (χ1) is 10.3. The molecule has 1 aromatic rings. The van der Waals surface area contributed by atoms with Gasteiger partial charge in [-0.3, -0.25) is 9.69 Å². The number of pyridine rings is 1. The van der Waals surface area contributed by atoms with Crippen molar-refractivity contribution in [3.8, 4) is 0 Å². The molecule has 4 heteroatoms. The van der Waals surface area contributed by atoms with Crippen molar-refractivity contribution in [1.29, 1.82) is 0 Å². The zero-order valence-corrected chi connectivity index (χ0v) is 13.0. The minimum Gasteiger partial charge on any atom is -0.314 e. The normalized spacial score (nSPS) is 26.9. The molecule has 1 saturated heterocycles. The molecule has 2 unspecified atom stereocenters. The monoisotopic (exact) mass is 289 g/mol. The molecule has 0 radical (unpaired) electrons. The van der Waals surface area contributed by atoms with Gasteiger partial charge in [-0.1, -0.05) is 19.4 Å². The van der Waals surface area contributed by atoms with E-state index in [1.54, 1.807) is 6.07 Å². The van der Waals surface area contributed by atoms with Gasteiger partial charge in [0.2, 0.25) is 0 Å². The summed E-state index contributed by atoms with van der Waals surface area (Å²) < 4.78 is 1.83. The average molecular weight is 289 g/mol. The summed E-state index contributed by atoms with van der Waals surface area (Å²) in [5, 5.41) is 3.75. The molecule has 2 fully saturated rings. The molecule has 21 heavy (non-hydrogen) atoms. The summed E-state index contributed by atoms with van der Waals surface area (Å²) in [6.07, 6.45) is 7.15. The predicted octanol–water partition coefficient (Wildman–Crippen LogP) is 1.70. The van der Waals surface area contributed by atoms with Gasteiger partial charge in [0.1, 0.15) is 0 Å². The van der Waals surface area contributed by atoms with Gasteiger partial charge in [0.05, 0.1) is 0 Å². The summed E-state index contributed by atoms with van der Waals surface area (Å²) in [6.45, 7) is 6.30. The van der Waals surface area contributed by atoms with Gasteiger partial charge in [-0.2, -0.15) is 0 Å². The highest BCUT2D eigenvalue weighted by Crippen LogP contribution is 2.34. The molecule has 0 bridgehead atoms. The van der Waals surface area contributed by atoms with Crippen molar-refractivity contribution in [1.82, 2.24) is 14.8 Å². The quantitative estimate of drug-likeness (QED) is 0.866. The smallest absolute Gasteiger partial charge is 0.250 e. The summed E-state index contributed by atoms with van der Waals surface area (Å²) in [7, 11) is 0. The molecule has 0 spiro atoms. The molecule has 3 rings (SSSR count). The van der Waals surface area contributed by atoms with E-state index in [1.807, 2.05) is 22.9 Å². The third-order valence-electron chi connectivity index (χ3n) is 4.90. The van der Waals surface area contributed by atoms with Crippen LogP contribution >= 0.6 is 0 Å². The largest absolute Gasteiger partial charge is 0.314 e. The maximum atomic E-state index is 11.8. The Morgan fingerprint density at radius 3 is 2.86 bits per heavy atom. The lowest BCUT2D eigenvalue weighted by atomic mass is 10.0. The molecule has 1 N–H and O–H groups in total. The van der Waals surface area contributed by atoms with E-state index in [4.69, 9.17) is 0 Å². The molecule has 1 aliphatic carbocycles. The van der Waals surface area contributed by atoms with E-state index in [0.717, 1.165) is 32.1 Å². The van der Waals surface area contributed by atoms with Gasteiger partial charge in [-0.25, -0.2) is 0 Å². The summed E-state index contributed by atoms with van der Waals surface area (Å²) in [6, 6.07) is 6.70. The second-order valence-electron chi connectivity index (χ2n) is 6.52. The van der Waals surface area contributed by atoms with Crippen LogP contribution in [0.1, 0.15) is 32.6 Å². The van der Waals surface area contributed by atoms with E-state index in [9.17, 15) is 4.79 Å². The van der Waals surface area contributed by atoms with Crippen molar-refractivity contribution >= 4 is 0 Å². The van der Waals surface area contributed by atoms with Crippen molar-refractivity contribution in [2.24, 2.45) is 5.92 Å². The summed E-state index contributed by atoms with van der Waals surface area (Å²) >= 11 is 0. The van der Waals surface area contributed by atoms with Gasteiger partial charge in [0, 0.05) is 50.5 Å². The summed E-state index contributed by atoms with van der Waals surface area (Å²) in [5.41, 5.74) is 0.110. The van der Waals surface area contributed by atoms with E-state index in [0.29, 0.717) is 12.1 Å². The lowest BCUT2D eigenvalue weighted by Gasteiger charge is -2.41. The summed E-state index contributed by atoms with van der Waals surface area (Å²) in [5.74, 6) is 0.898. The highest BCUT2D eigenvalue weighted by atomic mass is 16.1. The van der Waals surface area contributed by atoms with E-state index >= 15 is 0 Å². The molecule has 2 atom stereocenters. The molecule has 0 amide bonds. The van der Waals surface area contributed by atoms with E-state index in [2.05, 4.69) is 17.1 Å². The Hall–Kier alpha value is -1.13. The SMILES string of the molecule is CCCC1CNC(C2CC2)CN1CCn1ccccc1=O. The lowest BCUT2D eigenvalue weighted by Crippen LogP contribution is -2.57. The van der Waals surface area contributed by atoms with Gasteiger partial charge >= 0.3 is 0 Å². The van der Waals surface area contributed by atoms with Crippen LogP contribution in [-0.4, -0.2) is 41.2 Å². The number of nitrogens with one attached hydrogen (secondary N) is 1. The molecular weight excluding hydrogens is 262 g/mol. The van der Waals surface area contributed by atoms with Crippen LogP contribution in [0.2, 0.25) is 0 Å². The molecule has 1 saturated carbocycles. The first kappa shape index (κ1) is 14.8. The molecule has 116 valence electrons. The van der Waals surface area contributed by atoms with Gasteiger partial charge in [-0.05, 0) is 31.2 Å². The second kappa shape index (κ2) is 6.75. The van der Waals surface area contributed by atoms with Crippen LogP contribution in [-0.2, 0) is 6.54 Å².